The Morgan fingerprint density at radius 3 is 3.06 bits per heavy atom. The minimum absolute atomic E-state index is 0.0549. The van der Waals surface area contributed by atoms with Crippen molar-refractivity contribution in [3.05, 3.63) is 24.0 Å². The topological polar surface area (TPSA) is 62.2 Å². The van der Waals surface area contributed by atoms with Crippen LogP contribution in [0.3, 0.4) is 0 Å². The monoisotopic (exact) mass is 220 g/mol. The highest BCUT2D eigenvalue weighted by Gasteiger charge is 2.32. The van der Waals surface area contributed by atoms with Crippen molar-refractivity contribution in [2.75, 3.05) is 5.32 Å². The fraction of sp³-hybridized carbons (Fsp3) is 0.500. The molecule has 16 heavy (non-hydrogen) atoms. The molecule has 1 saturated carbocycles. The number of aryl methyl sites for hydroxylation is 1. The van der Waals surface area contributed by atoms with E-state index in [4.69, 9.17) is 5.11 Å². The molecule has 0 amide bonds. The Balaban J connectivity index is 2.06. The number of rotatable bonds is 3. The number of aromatic nitrogens is 1. The predicted octanol–water partition coefficient (Wildman–Crippen LogP) is 2.06. The second-order valence-electron chi connectivity index (χ2n) is 4.31. The van der Waals surface area contributed by atoms with Gasteiger partial charge in [0.15, 0.2) is 0 Å². The van der Waals surface area contributed by atoms with Crippen LogP contribution in [-0.2, 0) is 4.79 Å². The molecule has 0 radical (unpaired) electrons. The number of nitrogens with one attached hydrogen (secondary N) is 1. The van der Waals surface area contributed by atoms with E-state index >= 15 is 0 Å². The molecule has 0 bridgehead atoms. The number of nitrogens with zero attached hydrogens (tertiary/aromatic N) is 1. The predicted molar refractivity (Wildman–Crippen MR) is 61.4 cm³/mol. The molecule has 0 aliphatic heterocycles. The van der Waals surface area contributed by atoms with E-state index in [1.165, 1.54) is 0 Å². The van der Waals surface area contributed by atoms with Crippen molar-refractivity contribution < 1.29 is 9.90 Å². The van der Waals surface area contributed by atoms with Crippen LogP contribution >= 0.6 is 0 Å². The van der Waals surface area contributed by atoms with E-state index in [1.54, 1.807) is 6.20 Å². The highest BCUT2D eigenvalue weighted by atomic mass is 16.4. The van der Waals surface area contributed by atoms with Gasteiger partial charge in [-0.1, -0.05) is 6.42 Å². The number of carboxylic acids is 1. The van der Waals surface area contributed by atoms with Crippen molar-refractivity contribution in [3.8, 4) is 0 Å². The van der Waals surface area contributed by atoms with Gasteiger partial charge in [0, 0.05) is 23.6 Å². The Morgan fingerprint density at radius 1 is 1.56 bits per heavy atom. The Labute approximate surface area is 94.7 Å². The lowest BCUT2D eigenvalue weighted by atomic mass is 10.0. The van der Waals surface area contributed by atoms with Gasteiger partial charge >= 0.3 is 5.97 Å². The molecule has 1 fully saturated rings. The molecule has 2 unspecified atom stereocenters. The maximum Gasteiger partial charge on any atom is 0.308 e. The number of anilines is 1. The maximum absolute atomic E-state index is 11.0. The Kier molecular flexibility index (Phi) is 3.08. The fourth-order valence-corrected chi connectivity index (χ4v) is 2.28. The van der Waals surface area contributed by atoms with Gasteiger partial charge in [-0.3, -0.25) is 9.78 Å². The molecule has 2 atom stereocenters. The van der Waals surface area contributed by atoms with Crippen LogP contribution in [0, 0.1) is 12.8 Å². The summed E-state index contributed by atoms with van der Waals surface area (Å²) in [6, 6.07) is 3.88. The van der Waals surface area contributed by atoms with Crippen molar-refractivity contribution in [1.82, 2.24) is 4.98 Å². The highest BCUT2D eigenvalue weighted by Crippen LogP contribution is 2.28. The number of pyridine rings is 1. The molecule has 2 N–H and O–H groups in total. The molecule has 86 valence electrons. The number of hydrogen-bond donors (Lipinski definition) is 2. The summed E-state index contributed by atoms with van der Waals surface area (Å²) >= 11 is 0. The van der Waals surface area contributed by atoms with E-state index in [0.717, 1.165) is 30.6 Å². The third-order valence-corrected chi connectivity index (χ3v) is 3.08. The zero-order valence-corrected chi connectivity index (χ0v) is 9.31. The van der Waals surface area contributed by atoms with E-state index in [1.807, 2.05) is 19.1 Å². The van der Waals surface area contributed by atoms with Crippen LogP contribution in [0.25, 0.3) is 0 Å². The molecule has 4 nitrogen and oxygen atoms in total. The van der Waals surface area contributed by atoms with Crippen molar-refractivity contribution in [3.63, 3.8) is 0 Å². The van der Waals surface area contributed by atoms with Gasteiger partial charge in [-0.2, -0.15) is 0 Å². The lowest BCUT2D eigenvalue weighted by molar-refractivity contribution is -0.141. The fourth-order valence-electron chi connectivity index (χ4n) is 2.28. The number of carbonyl (C=O) groups is 1. The Bertz CT molecular complexity index is 392. The first-order chi connectivity index (χ1) is 7.66. The Morgan fingerprint density at radius 2 is 2.38 bits per heavy atom. The van der Waals surface area contributed by atoms with Crippen LogP contribution in [0.15, 0.2) is 18.3 Å². The molecule has 0 saturated heterocycles. The average molecular weight is 220 g/mol. The molecule has 1 aliphatic carbocycles. The standard InChI is InChI=1S/C12H16N2O2/c1-8-7-9(5-6-13-8)14-11-4-2-3-10(11)12(15)16/h5-7,10-11H,2-4H2,1H3,(H,13,14)(H,15,16). The van der Waals surface area contributed by atoms with Crippen LogP contribution in [0.2, 0.25) is 0 Å². The van der Waals surface area contributed by atoms with Gasteiger partial charge in [-0.25, -0.2) is 0 Å². The molecule has 1 heterocycles. The second-order valence-corrected chi connectivity index (χ2v) is 4.31. The van der Waals surface area contributed by atoms with Crippen molar-refractivity contribution >= 4 is 11.7 Å². The quantitative estimate of drug-likeness (QED) is 0.818. The smallest absolute Gasteiger partial charge is 0.308 e. The minimum Gasteiger partial charge on any atom is -0.481 e. The normalized spacial score (nSPS) is 24.3. The molecule has 0 aromatic carbocycles. The molecule has 1 aromatic heterocycles. The molecular formula is C12H16N2O2. The number of hydrogen-bond acceptors (Lipinski definition) is 3. The van der Waals surface area contributed by atoms with Gasteiger partial charge < -0.3 is 10.4 Å². The molecule has 2 rings (SSSR count). The zero-order chi connectivity index (χ0) is 11.5. The lowest BCUT2D eigenvalue weighted by Crippen LogP contribution is -2.29. The van der Waals surface area contributed by atoms with E-state index in [0.29, 0.717) is 0 Å². The van der Waals surface area contributed by atoms with Crippen LogP contribution in [0.1, 0.15) is 25.0 Å². The first kappa shape index (κ1) is 10.9. The number of carboxylic acid groups (broad SMARTS) is 1. The van der Waals surface area contributed by atoms with Crippen molar-refractivity contribution in [2.45, 2.75) is 32.2 Å². The van der Waals surface area contributed by atoms with Gasteiger partial charge in [0.1, 0.15) is 0 Å². The molecular weight excluding hydrogens is 204 g/mol. The van der Waals surface area contributed by atoms with Gasteiger partial charge in [0.05, 0.1) is 5.92 Å². The van der Waals surface area contributed by atoms with E-state index < -0.39 is 5.97 Å². The molecule has 1 aliphatic rings. The maximum atomic E-state index is 11.0. The van der Waals surface area contributed by atoms with Gasteiger partial charge in [-0.05, 0) is 31.9 Å². The second kappa shape index (κ2) is 4.51. The first-order valence-corrected chi connectivity index (χ1v) is 5.59. The van der Waals surface area contributed by atoms with Crippen molar-refractivity contribution in [2.24, 2.45) is 5.92 Å². The minimum atomic E-state index is -0.694. The summed E-state index contributed by atoms with van der Waals surface area (Å²) in [6.07, 6.45) is 4.43. The summed E-state index contributed by atoms with van der Waals surface area (Å²) in [5, 5.41) is 12.4. The van der Waals surface area contributed by atoms with Crippen molar-refractivity contribution in [1.29, 1.82) is 0 Å². The van der Waals surface area contributed by atoms with Crippen LogP contribution in [-0.4, -0.2) is 22.1 Å². The summed E-state index contributed by atoms with van der Waals surface area (Å²) in [6.45, 7) is 1.93. The molecule has 1 aromatic rings. The SMILES string of the molecule is Cc1cc(NC2CCCC2C(=O)O)ccn1. The van der Waals surface area contributed by atoms with Gasteiger partial charge in [0.25, 0.3) is 0 Å². The summed E-state index contributed by atoms with van der Waals surface area (Å²) < 4.78 is 0. The Hall–Kier alpha value is -1.58. The highest BCUT2D eigenvalue weighted by molar-refractivity contribution is 5.72. The first-order valence-electron chi connectivity index (χ1n) is 5.59. The van der Waals surface area contributed by atoms with Crippen LogP contribution in [0.4, 0.5) is 5.69 Å². The van der Waals surface area contributed by atoms with E-state index in [9.17, 15) is 4.79 Å². The average Bonchev–Trinajstić information content (AvgIpc) is 2.66. The van der Waals surface area contributed by atoms with Crippen LogP contribution in [0.5, 0.6) is 0 Å². The molecule has 4 heteroatoms. The summed E-state index contributed by atoms with van der Waals surface area (Å²) in [5.74, 6) is -0.950. The zero-order valence-electron chi connectivity index (χ0n) is 9.31. The third kappa shape index (κ3) is 2.32. The van der Waals surface area contributed by atoms with E-state index in [-0.39, 0.29) is 12.0 Å². The summed E-state index contributed by atoms with van der Waals surface area (Å²) in [7, 11) is 0. The number of aliphatic carboxylic acids is 1. The molecule has 0 spiro atoms. The van der Waals surface area contributed by atoms with E-state index in [2.05, 4.69) is 10.3 Å². The van der Waals surface area contributed by atoms with Gasteiger partial charge in [-0.15, -0.1) is 0 Å². The van der Waals surface area contributed by atoms with Gasteiger partial charge in [0.2, 0.25) is 0 Å². The summed E-state index contributed by atoms with van der Waals surface area (Å²) in [5.41, 5.74) is 1.90. The third-order valence-electron chi connectivity index (χ3n) is 3.08. The lowest BCUT2D eigenvalue weighted by Gasteiger charge is -2.18. The summed E-state index contributed by atoms with van der Waals surface area (Å²) in [4.78, 5) is 15.1. The largest absolute Gasteiger partial charge is 0.481 e. The van der Waals surface area contributed by atoms with Crippen LogP contribution < -0.4 is 5.32 Å².